The average Bonchev–Trinajstić information content (AvgIpc) is 3.01. The van der Waals surface area contributed by atoms with E-state index in [0.29, 0.717) is 18.1 Å². The van der Waals surface area contributed by atoms with Crippen LogP contribution in [0.25, 0.3) is 11.0 Å². The lowest BCUT2D eigenvalue weighted by Gasteiger charge is -2.11. The molecule has 1 N–H and O–H groups in total. The Kier molecular flexibility index (Phi) is 4.59. The zero-order valence-electron chi connectivity index (χ0n) is 14.0. The third-order valence-corrected chi connectivity index (χ3v) is 4.53. The first-order chi connectivity index (χ1) is 12.7. The quantitative estimate of drug-likeness (QED) is 0.507. The molecule has 0 spiro atoms. The Morgan fingerprint density at radius 2 is 1.65 bits per heavy atom. The van der Waals surface area contributed by atoms with Gasteiger partial charge in [0.25, 0.3) is 0 Å². The maximum absolute atomic E-state index is 13.2. The summed E-state index contributed by atoms with van der Waals surface area (Å²) in [6.07, 6.45) is 0. The molecule has 4 rings (SSSR count). The van der Waals surface area contributed by atoms with Crippen LogP contribution >= 0.6 is 11.6 Å². The van der Waals surface area contributed by atoms with Crippen molar-refractivity contribution in [1.82, 2.24) is 9.55 Å². The second-order valence-electron chi connectivity index (χ2n) is 6.09. The number of fused-ring (bicyclic) bond motifs is 1. The van der Waals surface area contributed by atoms with Gasteiger partial charge in [-0.1, -0.05) is 35.9 Å². The lowest BCUT2D eigenvalue weighted by Crippen LogP contribution is -2.10. The van der Waals surface area contributed by atoms with Crippen LogP contribution in [0.5, 0.6) is 0 Å². The highest BCUT2D eigenvalue weighted by atomic mass is 35.5. The molecule has 1 aromatic heterocycles. The molecule has 26 heavy (non-hydrogen) atoms. The van der Waals surface area contributed by atoms with Crippen LogP contribution in [0.4, 0.5) is 10.1 Å². The number of imidazole rings is 1. The first kappa shape index (κ1) is 16.6. The summed E-state index contributed by atoms with van der Waals surface area (Å²) in [6.45, 7) is 1.22. The summed E-state index contributed by atoms with van der Waals surface area (Å²) in [7, 11) is 0. The lowest BCUT2D eigenvalue weighted by molar-refractivity contribution is 0.626. The number of para-hydroxylation sites is 2. The number of hydrogen-bond donors (Lipinski definition) is 1. The normalized spacial score (nSPS) is 11.0. The molecule has 0 aliphatic rings. The van der Waals surface area contributed by atoms with Gasteiger partial charge in [0.1, 0.15) is 11.6 Å². The SMILES string of the molecule is Fc1ccc(Cn2c(CNc3ccc(Cl)cc3)nc3ccccc32)cc1. The fraction of sp³-hybridized carbons (Fsp3) is 0.0952. The maximum Gasteiger partial charge on any atom is 0.129 e. The summed E-state index contributed by atoms with van der Waals surface area (Å²) in [5, 5.41) is 4.09. The van der Waals surface area contributed by atoms with Crippen LogP contribution < -0.4 is 5.32 Å². The van der Waals surface area contributed by atoms with Gasteiger partial charge in [-0.2, -0.15) is 0 Å². The molecule has 5 heteroatoms. The molecule has 0 atom stereocenters. The van der Waals surface area contributed by atoms with E-state index in [9.17, 15) is 4.39 Å². The molecule has 4 aromatic rings. The third kappa shape index (κ3) is 3.55. The monoisotopic (exact) mass is 365 g/mol. The highest BCUT2D eigenvalue weighted by molar-refractivity contribution is 6.30. The zero-order valence-corrected chi connectivity index (χ0v) is 14.7. The molecule has 3 nitrogen and oxygen atoms in total. The van der Waals surface area contributed by atoms with Gasteiger partial charge in [0, 0.05) is 17.3 Å². The number of halogens is 2. The molecular formula is C21H17ClFN3. The third-order valence-electron chi connectivity index (χ3n) is 4.28. The summed E-state index contributed by atoms with van der Waals surface area (Å²) in [4.78, 5) is 4.76. The van der Waals surface area contributed by atoms with Crippen molar-refractivity contribution in [2.24, 2.45) is 0 Å². The van der Waals surface area contributed by atoms with Crippen molar-refractivity contribution in [3.63, 3.8) is 0 Å². The van der Waals surface area contributed by atoms with Crippen molar-refractivity contribution in [2.75, 3.05) is 5.32 Å². The molecule has 0 aliphatic carbocycles. The van der Waals surface area contributed by atoms with Gasteiger partial charge in [0.05, 0.1) is 17.6 Å². The largest absolute Gasteiger partial charge is 0.378 e. The zero-order chi connectivity index (χ0) is 17.9. The van der Waals surface area contributed by atoms with Crippen LogP contribution in [-0.4, -0.2) is 9.55 Å². The molecule has 0 fully saturated rings. The van der Waals surface area contributed by atoms with E-state index < -0.39 is 0 Å². The molecule has 3 aromatic carbocycles. The van der Waals surface area contributed by atoms with Gasteiger partial charge in [0.2, 0.25) is 0 Å². The van der Waals surface area contributed by atoms with Gasteiger partial charge in [0.15, 0.2) is 0 Å². The standard InChI is InChI=1S/C21H17ClFN3/c22-16-7-11-18(12-8-16)24-13-21-25-19-3-1-2-4-20(19)26(21)14-15-5-9-17(23)10-6-15/h1-12,24H,13-14H2. The first-order valence-corrected chi connectivity index (χ1v) is 8.75. The van der Waals surface area contributed by atoms with Crippen LogP contribution in [0.1, 0.15) is 11.4 Å². The topological polar surface area (TPSA) is 29.9 Å². The summed E-state index contributed by atoms with van der Waals surface area (Å²) in [5.74, 6) is 0.694. The molecule has 0 radical (unpaired) electrons. The van der Waals surface area contributed by atoms with Crippen LogP contribution in [-0.2, 0) is 13.1 Å². The second-order valence-corrected chi connectivity index (χ2v) is 6.53. The summed E-state index contributed by atoms with van der Waals surface area (Å²) in [5.41, 5.74) is 4.02. The number of benzene rings is 3. The average molecular weight is 366 g/mol. The van der Waals surface area contributed by atoms with E-state index in [1.807, 2.05) is 42.5 Å². The van der Waals surface area contributed by atoms with E-state index in [1.165, 1.54) is 12.1 Å². The highest BCUT2D eigenvalue weighted by Gasteiger charge is 2.11. The van der Waals surface area contributed by atoms with E-state index in [1.54, 1.807) is 12.1 Å². The van der Waals surface area contributed by atoms with Crippen molar-refractivity contribution >= 4 is 28.3 Å². The molecule has 0 aliphatic heterocycles. The van der Waals surface area contributed by atoms with E-state index in [-0.39, 0.29) is 5.82 Å². The van der Waals surface area contributed by atoms with Crippen molar-refractivity contribution in [2.45, 2.75) is 13.1 Å². The highest BCUT2D eigenvalue weighted by Crippen LogP contribution is 2.20. The number of aromatic nitrogens is 2. The van der Waals surface area contributed by atoms with Crippen molar-refractivity contribution < 1.29 is 4.39 Å². The molecule has 0 amide bonds. The molecule has 1 heterocycles. The maximum atomic E-state index is 13.2. The first-order valence-electron chi connectivity index (χ1n) is 8.37. The minimum Gasteiger partial charge on any atom is -0.378 e. The Morgan fingerprint density at radius 1 is 0.923 bits per heavy atom. The Balaban J connectivity index is 1.64. The van der Waals surface area contributed by atoms with Gasteiger partial charge < -0.3 is 9.88 Å². The minimum atomic E-state index is -0.228. The van der Waals surface area contributed by atoms with Crippen LogP contribution in [0, 0.1) is 5.82 Å². The predicted molar refractivity (Wildman–Crippen MR) is 104 cm³/mol. The molecule has 130 valence electrons. The molecule has 0 unspecified atom stereocenters. The van der Waals surface area contributed by atoms with Gasteiger partial charge in [-0.05, 0) is 54.1 Å². The fourth-order valence-corrected chi connectivity index (χ4v) is 3.08. The summed E-state index contributed by atoms with van der Waals surface area (Å²) in [6, 6.07) is 22.2. The fourth-order valence-electron chi connectivity index (χ4n) is 2.96. The van der Waals surface area contributed by atoms with Gasteiger partial charge in [-0.15, -0.1) is 0 Å². The second kappa shape index (κ2) is 7.18. The Hall–Kier alpha value is -2.85. The Morgan fingerprint density at radius 3 is 2.42 bits per heavy atom. The predicted octanol–water partition coefficient (Wildman–Crippen LogP) is 5.49. The van der Waals surface area contributed by atoms with Crippen LogP contribution in [0.3, 0.4) is 0 Å². The minimum absolute atomic E-state index is 0.228. The van der Waals surface area contributed by atoms with Crippen molar-refractivity contribution in [3.8, 4) is 0 Å². The number of nitrogens with one attached hydrogen (secondary N) is 1. The summed E-state index contributed by atoms with van der Waals surface area (Å²) < 4.78 is 15.4. The molecule has 0 bridgehead atoms. The van der Waals surface area contributed by atoms with Crippen molar-refractivity contribution in [1.29, 1.82) is 0 Å². The molecular weight excluding hydrogens is 349 g/mol. The van der Waals surface area contributed by atoms with Crippen molar-refractivity contribution in [3.05, 3.63) is 95.0 Å². The Bertz CT molecular complexity index is 1020. The van der Waals surface area contributed by atoms with Gasteiger partial charge in [-0.25, -0.2) is 9.37 Å². The van der Waals surface area contributed by atoms with E-state index in [4.69, 9.17) is 16.6 Å². The number of nitrogens with zero attached hydrogens (tertiary/aromatic N) is 2. The van der Waals surface area contributed by atoms with E-state index in [2.05, 4.69) is 16.0 Å². The number of hydrogen-bond acceptors (Lipinski definition) is 2. The molecule has 0 saturated heterocycles. The molecule has 0 saturated carbocycles. The van der Waals surface area contributed by atoms with Crippen LogP contribution in [0.2, 0.25) is 5.02 Å². The lowest BCUT2D eigenvalue weighted by atomic mass is 10.2. The Labute approximate surface area is 156 Å². The van der Waals surface area contributed by atoms with E-state index >= 15 is 0 Å². The number of rotatable bonds is 5. The van der Waals surface area contributed by atoms with Gasteiger partial charge >= 0.3 is 0 Å². The van der Waals surface area contributed by atoms with E-state index in [0.717, 1.165) is 28.1 Å². The van der Waals surface area contributed by atoms with Crippen LogP contribution in [0.15, 0.2) is 72.8 Å². The smallest absolute Gasteiger partial charge is 0.129 e. The number of anilines is 1. The van der Waals surface area contributed by atoms with Gasteiger partial charge in [-0.3, -0.25) is 0 Å². The summed E-state index contributed by atoms with van der Waals surface area (Å²) >= 11 is 5.94.